The first kappa shape index (κ1) is 16.2. The van der Waals surface area contributed by atoms with Gasteiger partial charge in [0.2, 0.25) is 6.41 Å². The van der Waals surface area contributed by atoms with Gasteiger partial charge in [-0.15, -0.1) is 0 Å². The predicted molar refractivity (Wildman–Crippen MR) is 88.7 cm³/mol. The minimum atomic E-state index is -0.265. The van der Waals surface area contributed by atoms with E-state index < -0.39 is 0 Å². The van der Waals surface area contributed by atoms with Gasteiger partial charge >= 0.3 is 0 Å². The molecule has 0 fully saturated rings. The van der Waals surface area contributed by atoms with E-state index in [4.69, 9.17) is 5.11 Å². The molecule has 2 rings (SSSR count). The minimum absolute atomic E-state index is 0.195. The van der Waals surface area contributed by atoms with Crippen molar-refractivity contribution in [3.8, 4) is 0 Å². The van der Waals surface area contributed by atoms with E-state index >= 15 is 0 Å². The fraction of sp³-hybridized carbons (Fsp3) is 0.316. The number of hydrogen-bond donors (Lipinski definition) is 2. The molecule has 0 bridgehead atoms. The van der Waals surface area contributed by atoms with Crippen LogP contribution in [-0.2, 0) is 10.2 Å². The molecule has 0 aromatic heterocycles. The van der Waals surface area contributed by atoms with E-state index in [0.717, 1.165) is 25.7 Å². The molecule has 2 aromatic carbocycles. The molecule has 0 aliphatic heterocycles. The molecular formula is C19H23NO2. The zero-order chi connectivity index (χ0) is 15.7. The number of carbonyl (C=O) groups is 1. The molecule has 0 saturated carbocycles. The van der Waals surface area contributed by atoms with Gasteiger partial charge in [-0.05, 0) is 30.4 Å². The highest BCUT2D eigenvalue weighted by Gasteiger charge is 2.33. The SMILES string of the molecule is O=CNCC(CCCCO)(c1ccccc1)c1ccccc1. The second-order valence-electron chi connectivity index (χ2n) is 5.49. The monoisotopic (exact) mass is 297 g/mol. The summed E-state index contributed by atoms with van der Waals surface area (Å²) in [6.07, 6.45) is 3.30. The van der Waals surface area contributed by atoms with Crippen LogP contribution in [0.15, 0.2) is 60.7 Å². The van der Waals surface area contributed by atoms with Gasteiger partial charge in [-0.2, -0.15) is 0 Å². The first-order valence-corrected chi connectivity index (χ1v) is 7.72. The summed E-state index contributed by atoms with van der Waals surface area (Å²) in [6, 6.07) is 20.5. The van der Waals surface area contributed by atoms with E-state index in [1.54, 1.807) is 0 Å². The highest BCUT2D eigenvalue weighted by Crippen LogP contribution is 2.36. The third-order valence-corrected chi connectivity index (χ3v) is 4.15. The highest BCUT2D eigenvalue weighted by atomic mass is 16.2. The van der Waals surface area contributed by atoms with E-state index in [-0.39, 0.29) is 12.0 Å². The Morgan fingerprint density at radius 3 is 1.91 bits per heavy atom. The van der Waals surface area contributed by atoms with E-state index in [2.05, 4.69) is 29.6 Å². The van der Waals surface area contributed by atoms with Crippen LogP contribution in [-0.4, -0.2) is 24.7 Å². The van der Waals surface area contributed by atoms with Gasteiger partial charge in [0.15, 0.2) is 0 Å². The van der Waals surface area contributed by atoms with E-state index in [1.807, 2.05) is 36.4 Å². The summed E-state index contributed by atoms with van der Waals surface area (Å²) < 4.78 is 0. The molecule has 0 aliphatic carbocycles. The summed E-state index contributed by atoms with van der Waals surface area (Å²) >= 11 is 0. The van der Waals surface area contributed by atoms with Crippen molar-refractivity contribution in [2.24, 2.45) is 0 Å². The molecular weight excluding hydrogens is 274 g/mol. The number of benzene rings is 2. The van der Waals surface area contributed by atoms with Gasteiger partial charge in [0, 0.05) is 18.6 Å². The van der Waals surface area contributed by atoms with Crippen molar-refractivity contribution in [3.63, 3.8) is 0 Å². The van der Waals surface area contributed by atoms with Crippen LogP contribution >= 0.6 is 0 Å². The summed E-state index contributed by atoms with van der Waals surface area (Å²) in [5.74, 6) is 0. The highest BCUT2D eigenvalue weighted by molar-refractivity contribution is 5.48. The number of amides is 1. The van der Waals surface area contributed by atoms with Crippen LogP contribution in [0, 0.1) is 0 Å². The maximum Gasteiger partial charge on any atom is 0.207 e. The predicted octanol–water partition coefficient (Wildman–Crippen LogP) is 2.88. The summed E-state index contributed by atoms with van der Waals surface area (Å²) in [7, 11) is 0. The van der Waals surface area contributed by atoms with Crippen LogP contribution < -0.4 is 5.32 Å². The normalized spacial score (nSPS) is 11.1. The quantitative estimate of drug-likeness (QED) is 0.552. The molecule has 3 heteroatoms. The number of aliphatic hydroxyl groups excluding tert-OH is 1. The maximum atomic E-state index is 10.9. The number of aliphatic hydroxyl groups is 1. The van der Waals surface area contributed by atoms with Crippen molar-refractivity contribution in [2.45, 2.75) is 24.7 Å². The summed E-state index contributed by atoms with van der Waals surface area (Å²) in [5.41, 5.74) is 2.11. The molecule has 0 aliphatic rings. The van der Waals surface area contributed by atoms with Crippen LogP contribution in [0.3, 0.4) is 0 Å². The number of unbranched alkanes of at least 4 members (excludes halogenated alkanes) is 1. The fourth-order valence-electron chi connectivity index (χ4n) is 3.02. The van der Waals surface area contributed by atoms with Crippen LogP contribution in [0.25, 0.3) is 0 Å². The Kier molecular flexibility index (Phi) is 6.16. The third-order valence-electron chi connectivity index (χ3n) is 4.15. The Morgan fingerprint density at radius 1 is 0.909 bits per heavy atom. The van der Waals surface area contributed by atoms with Gasteiger partial charge in [0.05, 0.1) is 0 Å². The summed E-state index contributed by atoms with van der Waals surface area (Å²) in [4.78, 5) is 10.9. The Labute approximate surface area is 132 Å². The first-order valence-electron chi connectivity index (χ1n) is 7.72. The molecule has 0 radical (unpaired) electrons. The Balaban J connectivity index is 2.45. The average Bonchev–Trinajstić information content (AvgIpc) is 2.60. The van der Waals surface area contributed by atoms with Gasteiger partial charge in [-0.1, -0.05) is 60.7 Å². The topological polar surface area (TPSA) is 49.3 Å². The Hall–Kier alpha value is -2.13. The first-order chi connectivity index (χ1) is 10.8. The van der Waals surface area contributed by atoms with E-state index in [0.29, 0.717) is 6.54 Å². The van der Waals surface area contributed by atoms with Crippen molar-refractivity contribution < 1.29 is 9.90 Å². The van der Waals surface area contributed by atoms with Crippen molar-refractivity contribution in [2.75, 3.05) is 13.2 Å². The van der Waals surface area contributed by atoms with Gasteiger partial charge < -0.3 is 10.4 Å². The van der Waals surface area contributed by atoms with Gasteiger partial charge in [-0.25, -0.2) is 0 Å². The molecule has 2 N–H and O–H groups in total. The minimum Gasteiger partial charge on any atom is -0.396 e. The fourth-order valence-corrected chi connectivity index (χ4v) is 3.02. The van der Waals surface area contributed by atoms with Gasteiger partial charge in [0.1, 0.15) is 0 Å². The molecule has 1 amide bonds. The van der Waals surface area contributed by atoms with Gasteiger partial charge in [0.25, 0.3) is 0 Å². The van der Waals surface area contributed by atoms with Crippen molar-refractivity contribution >= 4 is 6.41 Å². The lowest BCUT2D eigenvalue weighted by Crippen LogP contribution is -2.39. The third kappa shape index (κ3) is 3.74. The van der Waals surface area contributed by atoms with Crippen LogP contribution in [0.5, 0.6) is 0 Å². The van der Waals surface area contributed by atoms with Crippen molar-refractivity contribution in [1.82, 2.24) is 5.32 Å². The smallest absolute Gasteiger partial charge is 0.207 e. The molecule has 2 aromatic rings. The Morgan fingerprint density at radius 2 is 1.45 bits per heavy atom. The lowest BCUT2D eigenvalue weighted by atomic mass is 9.71. The number of nitrogens with one attached hydrogen (secondary N) is 1. The summed E-state index contributed by atoms with van der Waals surface area (Å²) in [6.45, 7) is 0.747. The van der Waals surface area contributed by atoms with Crippen LogP contribution in [0.1, 0.15) is 30.4 Å². The molecule has 116 valence electrons. The van der Waals surface area contributed by atoms with Crippen LogP contribution in [0.2, 0.25) is 0 Å². The van der Waals surface area contributed by atoms with E-state index in [1.165, 1.54) is 11.1 Å². The largest absolute Gasteiger partial charge is 0.396 e. The molecule has 0 spiro atoms. The lowest BCUT2D eigenvalue weighted by molar-refractivity contribution is -0.109. The second-order valence-corrected chi connectivity index (χ2v) is 5.49. The average molecular weight is 297 g/mol. The zero-order valence-electron chi connectivity index (χ0n) is 12.7. The molecule has 0 unspecified atom stereocenters. The number of hydrogen-bond acceptors (Lipinski definition) is 2. The molecule has 22 heavy (non-hydrogen) atoms. The van der Waals surface area contributed by atoms with Crippen molar-refractivity contribution in [1.29, 1.82) is 0 Å². The van der Waals surface area contributed by atoms with E-state index in [9.17, 15) is 4.79 Å². The van der Waals surface area contributed by atoms with Crippen LogP contribution in [0.4, 0.5) is 0 Å². The summed E-state index contributed by atoms with van der Waals surface area (Å²) in [5, 5.41) is 12.0. The second kappa shape index (κ2) is 8.35. The van der Waals surface area contributed by atoms with Crippen molar-refractivity contribution in [3.05, 3.63) is 71.8 Å². The lowest BCUT2D eigenvalue weighted by Gasteiger charge is -2.35. The van der Waals surface area contributed by atoms with Gasteiger partial charge in [-0.3, -0.25) is 4.79 Å². The molecule has 0 heterocycles. The molecule has 0 saturated heterocycles. The molecule has 0 atom stereocenters. The Bertz CT molecular complexity index is 515. The number of carbonyl (C=O) groups excluding carboxylic acids is 1. The molecule has 3 nitrogen and oxygen atoms in total. The number of rotatable bonds is 9. The maximum absolute atomic E-state index is 10.9. The zero-order valence-corrected chi connectivity index (χ0v) is 12.7. The standard InChI is InChI=1S/C19H23NO2/c21-14-8-7-13-19(15-20-16-22,17-9-3-1-4-10-17)18-11-5-2-6-12-18/h1-6,9-12,16,21H,7-8,13-15H2,(H,20,22).